The van der Waals surface area contributed by atoms with Crippen molar-refractivity contribution in [2.45, 2.75) is 20.3 Å². The highest BCUT2D eigenvalue weighted by Gasteiger charge is 2.09. The number of hydrogen-bond acceptors (Lipinski definition) is 4. The van der Waals surface area contributed by atoms with E-state index in [0.29, 0.717) is 5.56 Å². The van der Waals surface area contributed by atoms with E-state index in [1.165, 1.54) is 7.11 Å². The molecule has 1 rings (SSSR count). The predicted octanol–water partition coefficient (Wildman–Crippen LogP) is 2.10. The summed E-state index contributed by atoms with van der Waals surface area (Å²) < 4.78 is 4.68. The maximum atomic E-state index is 11.4. The van der Waals surface area contributed by atoms with Crippen LogP contribution < -0.4 is 4.90 Å². The first-order valence-electron chi connectivity index (χ1n) is 5.52. The van der Waals surface area contributed by atoms with Crippen LogP contribution in [0.5, 0.6) is 0 Å². The van der Waals surface area contributed by atoms with Crippen LogP contribution in [0, 0.1) is 0 Å². The maximum Gasteiger partial charge on any atom is 0.338 e. The van der Waals surface area contributed by atoms with Gasteiger partial charge in [0.25, 0.3) is 0 Å². The highest BCUT2D eigenvalue weighted by atomic mass is 16.5. The second-order valence-electron chi connectivity index (χ2n) is 3.47. The van der Waals surface area contributed by atoms with Crippen LogP contribution in [-0.2, 0) is 4.74 Å². The largest absolute Gasteiger partial charge is 0.465 e. The molecule has 0 aliphatic heterocycles. The predicted molar refractivity (Wildman–Crippen MR) is 63.8 cm³/mol. The minimum Gasteiger partial charge on any atom is -0.465 e. The van der Waals surface area contributed by atoms with Crippen molar-refractivity contribution in [3.05, 3.63) is 23.9 Å². The average molecular weight is 222 g/mol. The van der Waals surface area contributed by atoms with Crippen LogP contribution in [0.15, 0.2) is 18.3 Å². The Labute approximate surface area is 96.2 Å². The minimum atomic E-state index is -0.323. The van der Waals surface area contributed by atoms with Crippen LogP contribution in [0.25, 0.3) is 0 Å². The molecule has 4 heteroatoms. The molecule has 16 heavy (non-hydrogen) atoms. The van der Waals surface area contributed by atoms with E-state index in [1.54, 1.807) is 18.3 Å². The quantitative estimate of drug-likeness (QED) is 0.715. The van der Waals surface area contributed by atoms with Crippen molar-refractivity contribution in [2.75, 3.05) is 25.1 Å². The van der Waals surface area contributed by atoms with Gasteiger partial charge >= 0.3 is 5.97 Å². The van der Waals surface area contributed by atoms with Crippen molar-refractivity contribution in [3.63, 3.8) is 0 Å². The van der Waals surface area contributed by atoms with E-state index in [0.717, 1.165) is 25.3 Å². The summed E-state index contributed by atoms with van der Waals surface area (Å²) in [5.41, 5.74) is 0.544. The maximum absolute atomic E-state index is 11.4. The van der Waals surface area contributed by atoms with Crippen LogP contribution in [0.1, 0.15) is 30.6 Å². The lowest BCUT2D eigenvalue weighted by molar-refractivity contribution is 0.0600. The molecule has 0 bridgehead atoms. The van der Waals surface area contributed by atoms with Gasteiger partial charge in [-0.05, 0) is 25.5 Å². The van der Waals surface area contributed by atoms with E-state index in [9.17, 15) is 4.79 Å². The fourth-order valence-electron chi connectivity index (χ4n) is 1.54. The normalized spacial score (nSPS) is 9.94. The number of carbonyl (C=O) groups excluding carboxylic acids is 1. The first-order chi connectivity index (χ1) is 7.72. The lowest BCUT2D eigenvalue weighted by atomic mass is 10.2. The zero-order chi connectivity index (χ0) is 12.0. The molecule has 0 spiro atoms. The van der Waals surface area contributed by atoms with Crippen LogP contribution >= 0.6 is 0 Å². The van der Waals surface area contributed by atoms with Crippen molar-refractivity contribution < 1.29 is 9.53 Å². The first kappa shape index (κ1) is 12.5. The number of nitrogens with zero attached hydrogens (tertiary/aromatic N) is 2. The number of methoxy groups -OCH3 is 1. The highest BCUT2D eigenvalue weighted by molar-refractivity contribution is 5.90. The number of rotatable bonds is 5. The molecule has 1 heterocycles. The second kappa shape index (κ2) is 6.10. The van der Waals surface area contributed by atoms with Crippen LogP contribution in [0.2, 0.25) is 0 Å². The van der Waals surface area contributed by atoms with E-state index in [4.69, 9.17) is 0 Å². The molecule has 0 N–H and O–H groups in total. The van der Waals surface area contributed by atoms with Crippen molar-refractivity contribution >= 4 is 11.8 Å². The van der Waals surface area contributed by atoms with Crippen molar-refractivity contribution in [3.8, 4) is 0 Å². The highest BCUT2D eigenvalue weighted by Crippen LogP contribution is 2.13. The molecule has 4 nitrogen and oxygen atoms in total. The summed E-state index contributed by atoms with van der Waals surface area (Å²) in [7, 11) is 1.38. The molecule has 0 radical (unpaired) electrons. The Morgan fingerprint density at radius 3 is 2.81 bits per heavy atom. The van der Waals surface area contributed by atoms with Crippen molar-refractivity contribution in [1.29, 1.82) is 0 Å². The van der Waals surface area contributed by atoms with Gasteiger partial charge in [-0.2, -0.15) is 0 Å². The third kappa shape index (κ3) is 2.95. The average Bonchev–Trinajstić information content (AvgIpc) is 2.35. The van der Waals surface area contributed by atoms with Gasteiger partial charge in [0.05, 0.1) is 12.7 Å². The van der Waals surface area contributed by atoms with Crippen molar-refractivity contribution in [2.24, 2.45) is 0 Å². The van der Waals surface area contributed by atoms with Gasteiger partial charge in [-0.3, -0.25) is 0 Å². The molecule has 0 aromatic carbocycles. The monoisotopic (exact) mass is 222 g/mol. The summed E-state index contributed by atoms with van der Waals surface area (Å²) in [6, 6.07) is 3.43. The van der Waals surface area contributed by atoms with Gasteiger partial charge in [-0.25, -0.2) is 9.78 Å². The van der Waals surface area contributed by atoms with Gasteiger partial charge in [0.1, 0.15) is 5.82 Å². The van der Waals surface area contributed by atoms with Gasteiger partial charge in [0.2, 0.25) is 0 Å². The van der Waals surface area contributed by atoms with Crippen LogP contribution in [0.3, 0.4) is 0 Å². The Balaban J connectivity index is 2.92. The Bertz CT molecular complexity index is 353. The van der Waals surface area contributed by atoms with Gasteiger partial charge < -0.3 is 9.64 Å². The number of anilines is 1. The molecule has 0 amide bonds. The first-order valence-corrected chi connectivity index (χ1v) is 5.52. The molecule has 88 valence electrons. The Morgan fingerprint density at radius 1 is 1.50 bits per heavy atom. The van der Waals surface area contributed by atoms with Crippen molar-refractivity contribution in [1.82, 2.24) is 4.98 Å². The van der Waals surface area contributed by atoms with Gasteiger partial charge in [0.15, 0.2) is 0 Å². The second-order valence-corrected chi connectivity index (χ2v) is 3.47. The summed E-state index contributed by atoms with van der Waals surface area (Å²) in [6.07, 6.45) is 2.69. The molecule has 0 aliphatic rings. The number of carbonyl (C=O) groups is 1. The summed E-state index contributed by atoms with van der Waals surface area (Å²) in [5, 5.41) is 0. The standard InChI is InChI=1S/C12H18N2O2/c1-4-8-14(5-2)11-9-10(6-7-13-11)12(15)16-3/h6-7,9H,4-5,8H2,1-3H3. The molecule has 0 saturated carbocycles. The van der Waals surface area contributed by atoms with Gasteiger partial charge in [0, 0.05) is 19.3 Å². The molecule has 0 atom stereocenters. The molecule has 0 saturated heterocycles. The smallest absolute Gasteiger partial charge is 0.338 e. The van der Waals surface area contributed by atoms with E-state index in [-0.39, 0.29) is 5.97 Å². The summed E-state index contributed by atoms with van der Waals surface area (Å²) in [4.78, 5) is 17.8. The van der Waals surface area contributed by atoms with Crippen LogP contribution in [0.4, 0.5) is 5.82 Å². The lowest BCUT2D eigenvalue weighted by Gasteiger charge is -2.21. The number of pyridine rings is 1. The third-order valence-corrected chi connectivity index (χ3v) is 2.37. The molecule has 1 aromatic heterocycles. The Morgan fingerprint density at radius 2 is 2.25 bits per heavy atom. The number of esters is 1. The summed E-state index contributed by atoms with van der Waals surface area (Å²) in [5.74, 6) is 0.503. The molecular weight excluding hydrogens is 204 g/mol. The third-order valence-electron chi connectivity index (χ3n) is 2.37. The zero-order valence-corrected chi connectivity index (χ0v) is 10.1. The number of hydrogen-bond donors (Lipinski definition) is 0. The van der Waals surface area contributed by atoms with E-state index < -0.39 is 0 Å². The topological polar surface area (TPSA) is 42.4 Å². The van der Waals surface area contributed by atoms with Gasteiger partial charge in [-0.1, -0.05) is 6.92 Å². The minimum absolute atomic E-state index is 0.323. The molecule has 0 fully saturated rings. The molecule has 0 unspecified atom stereocenters. The van der Waals surface area contributed by atoms with Gasteiger partial charge in [-0.15, -0.1) is 0 Å². The fourth-order valence-corrected chi connectivity index (χ4v) is 1.54. The Hall–Kier alpha value is -1.58. The lowest BCUT2D eigenvalue weighted by Crippen LogP contribution is -2.24. The number of ether oxygens (including phenoxy) is 1. The van der Waals surface area contributed by atoms with Crippen LogP contribution in [-0.4, -0.2) is 31.2 Å². The van der Waals surface area contributed by atoms with E-state index >= 15 is 0 Å². The van der Waals surface area contributed by atoms with E-state index in [2.05, 4.69) is 28.5 Å². The summed E-state index contributed by atoms with van der Waals surface area (Å²) in [6.45, 7) is 6.01. The Kier molecular flexibility index (Phi) is 4.76. The molecular formula is C12H18N2O2. The summed E-state index contributed by atoms with van der Waals surface area (Å²) >= 11 is 0. The number of aromatic nitrogens is 1. The fraction of sp³-hybridized carbons (Fsp3) is 0.500. The molecule has 1 aromatic rings. The molecule has 0 aliphatic carbocycles. The van der Waals surface area contributed by atoms with E-state index in [1.807, 2.05) is 0 Å². The zero-order valence-electron chi connectivity index (χ0n) is 10.1. The SMILES string of the molecule is CCCN(CC)c1cc(C(=O)OC)ccn1.